The maximum Gasteiger partial charge on any atom is 0.311 e. The third-order valence-corrected chi connectivity index (χ3v) is 6.62. The Labute approximate surface area is 213 Å². The van der Waals surface area contributed by atoms with Crippen molar-refractivity contribution < 1.29 is 28.6 Å². The number of benzene rings is 1. The second-order valence-electron chi connectivity index (χ2n) is 9.49. The monoisotopic (exact) mass is 517 g/mol. The molecular weight excluding hydrogens is 489 g/mol. The van der Waals surface area contributed by atoms with E-state index in [4.69, 9.17) is 26.2 Å². The summed E-state index contributed by atoms with van der Waals surface area (Å²) in [7, 11) is 0. The summed E-state index contributed by atoms with van der Waals surface area (Å²) in [5, 5.41) is 10.2. The second kappa shape index (κ2) is 10.9. The predicted octanol–water partition coefficient (Wildman–Crippen LogP) is 3.91. The molecule has 0 bridgehead atoms. The molecule has 3 heterocycles. The standard InChI is InChI=1S/C26H29ClFN3O5/c1-26(2,25(33)34)16-36-11-10-35-15-23(32)30-9-7-18-19-4-3-8-29-24(19)31(22(18)14-30)13-17-5-6-21(28)20(27)12-17/h3-6,8,12H,7,9-11,13-16H2,1-2H3,(H,33,34). The molecule has 1 amide bonds. The van der Waals surface area contributed by atoms with Crippen LogP contribution in [0.25, 0.3) is 11.0 Å². The number of fused-ring (bicyclic) bond motifs is 3. The Hall–Kier alpha value is -3.01. The van der Waals surface area contributed by atoms with Crippen molar-refractivity contribution in [2.45, 2.75) is 33.4 Å². The number of ether oxygens (including phenoxy) is 2. The van der Waals surface area contributed by atoms with Gasteiger partial charge in [-0.25, -0.2) is 9.37 Å². The number of hydrogen-bond donors (Lipinski definition) is 1. The number of rotatable bonds is 10. The number of nitrogens with zero attached hydrogens (tertiary/aromatic N) is 3. The van der Waals surface area contributed by atoms with Crippen molar-refractivity contribution >= 4 is 34.5 Å². The molecule has 1 aliphatic heterocycles. The fraction of sp³-hybridized carbons (Fsp3) is 0.423. The minimum Gasteiger partial charge on any atom is -0.481 e. The predicted molar refractivity (Wildman–Crippen MR) is 132 cm³/mol. The molecule has 2 aromatic heterocycles. The number of carbonyl (C=O) groups is 2. The van der Waals surface area contributed by atoms with Crippen molar-refractivity contribution in [2.24, 2.45) is 5.41 Å². The second-order valence-corrected chi connectivity index (χ2v) is 9.90. The molecule has 3 aromatic rings. The summed E-state index contributed by atoms with van der Waals surface area (Å²) in [5.41, 5.74) is 2.82. The van der Waals surface area contributed by atoms with Crippen LogP contribution < -0.4 is 0 Å². The van der Waals surface area contributed by atoms with E-state index in [0.29, 0.717) is 26.1 Å². The molecule has 10 heteroatoms. The molecular formula is C26H29ClFN3O5. The van der Waals surface area contributed by atoms with Crippen LogP contribution in [-0.2, 0) is 38.6 Å². The molecule has 0 aliphatic carbocycles. The van der Waals surface area contributed by atoms with Gasteiger partial charge in [0.1, 0.15) is 18.1 Å². The topological polar surface area (TPSA) is 93.9 Å². The van der Waals surface area contributed by atoms with Crippen molar-refractivity contribution in [3.05, 3.63) is 64.2 Å². The van der Waals surface area contributed by atoms with E-state index < -0.39 is 17.2 Å². The van der Waals surface area contributed by atoms with Crippen LogP contribution in [0.1, 0.15) is 30.7 Å². The third-order valence-electron chi connectivity index (χ3n) is 6.33. The number of halogens is 2. The first-order valence-corrected chi connectivity index (χ1v) is 12.1. The van der Waals surface area contributed by atoms with Crippen LogP contribution in [0.2, 0.25) is 5.02 Å². The molecule has 8 nitrogen and oxygen atoms in total. The molecule has 0 fully saturated rings. The average Bonchev–Trinajstić information content (AvgIpc) is 3.16. The number of carbonyl (C=O) groups excluding carboxylic acids is 1. The number of aliphatic carboxylic acids is 1. The van der Waals surface area contributed by atoms with Crippen molar-refractivity contribution in [3.8, 4) is 0 Å². The Morgan fingerprint density at radius 3 is 2.75 bits per heavy atom. The molecule has 0 saturated carbocycles. The van der Waals surface area contributed by atoms with Gasteiger partial charge in [0.05, 0.1) is 36.8 Å². The van der Waals surface area contributed by atoms with Crippen LogP contribution in [0.4, 0.5) is 4.39 Å². The SMILES string of the molecule is CC(C)(COCCOCC(=O)N1CCc2c(n(Cc3ccc(F)c(Cl)c3)c3ncccc23)C1)C(=O)O. The molecule has 1 N–H and O–H groups in total. The zero-order chi connectivity index (χ0) is 25.9. The Morgan fingerprint density at radius 2 is 2.00 bits per heavy atom. The number of amides is 1. The minimum atomic E-state index is -0.978. The molecule has 0 spiro atoms. The third kappa shape index (κ3) is 5.69. The quantitative estimate of drug-likeness (QED) is 0.410. The lowest BCUT2D eigenvalue weighted by Crippen LogP contribution is -2.39. The van der Waals surface area contributed by atoms with Gasteiger partial charge in [-0.2, -0.15) is 0 Å². The van der Waals surface area contributed by atoms with Crippen LogP contribution in [-0.4, -0.2) is 64.4 Å². The minimum absolute atomic E-state index is 0.0619. The maximum atomic E-state index is 13.7. The van der Waals surface area contributed by atoms with Gasteiger partial charge in [0.2, 0.25) is 5.91 Å². The van der Waals surface area contributed by atoms with Crippen LogP contribution in [0, 0.1) is 11.2 Å². The van der Waals surface area contributed by atoms with Crippen LogP contribution in [0.5, 0.6) is 0 Å². The largest absolute Gasteiger partial charge is 0.481 e. The summed E-state index contributed by atoms with van der Waals surface area (Å²) in [4.78, 5) is 30.3. The fourth-order valence-corrected chi connectivity index (χ4v) is 4.42. The molecule has 4 rings (SSSR count). The first-order chi connectivity index (χ1) is 17.2. The molecule has 0 atom stereocenters. The number of hydrogen-bond acceptors (Lipinski definition) is 5. The zero-order valence-electron chi connectivity index (χ0n) is 20.3. The van der Waals surface area contributed by atoms with Crippen molar-refractivity contribution in [2.75, 3.05) is 33.0 Å². The average molecular weight is 518 g/mol. The Balaban J connectivity index is 1.40. The van der Waals surface area contributed by atoms with Gasteiger partial charge in [0.25, 0.3) is 0 Å². The van der Waals surface area contributed by atoms with E-state index in [9.17, 15) is 14.0 Å². The first-order valence-electron chi connectivity index (χ1n) is 11.7. The lowest BCUT2D eigenvalue weighted by atomic mass is 9.95. The lowest BCUT2D eigenvalue weighted by Gasteiger charge is -2.28. The van der Waals surface area contributed by atoms with Gasteiger partial charge in [-0.1, -0.05) is 17.7 Å². The van der Waals surface area contributed by atoms with Gasteiger partial charge in [-0.3, -0.25) is 9.59 Å². The van der Waals surface area contributed by atoms with E-state index in [1.54, 1.807) is 37.1 Å². The molecule has 36 heavy (non-hydrogen) atoms. The first kappa shape index (κ1) is 26.1. The Bertz CT molecular complexity index is 1280. The summed E-state index contributed by atoms with van der Waals surface area (Å²) >= 11 is 5.99. The van der Waals surface area contributed by atoms with Gasteiger partial charge in [0, 0.05) is 30.4 Å². The maximum absolute atomic E-state index is 13.7. The van der Waals surface area contributed by atoms with E-state index >= 15 is 0 Å². The summed E-state index contributed by atoms with van der Waals surface area (Å²) < 4.78 is 26.6. The number of aromatic nitrogens is 2. The Kier molecular flexibility index (Phi) is 7.92. The summed E-state index contributed by atoms with van der Waals surface area (Å²) in [6.45, 7) is 4.96. The fourth-order valence-electron chi connectivity index (χ4n) is 4.22. The normalized spacial score (nSPS) is 13.7. The van der Waals surface area contributed by atoms with Gasteiger partial charge in [-0.05, 0) is 55.7 Å². The van der Waals surface area contributed by atoms with Gasteiger partial charge in [0.15, 0.2) is 0 Å². The summed E-state index contributed by atoms with van der Waals surface area (Å²) in [5.74, 6) is -1.54. The van der Waals surface area contributed by atoms with E-state index in [1.807, 2.05) is 12.1 Å². The highest BCUT2D eigenvalue weighted by molar-refractivity contribution is 6.30. The number of pyridine rings is 1. The number of carboxylic acid groups (broad SMARTS) is 1. The van der Waals surface area contributed by atoms with Gasteiger partial charge in [-0.15, -0.1) is 0 Å². The van der Waals surface area contributed by atoms with Crippen LogP contribution >= 0.6 is 11.6 Å². The van der Waals surface area contributed by atoms with E-state index in [0.717, 1.165) is 27.9 Å². The smallest absolute Gasteiger partial charge is 0.311 e. The van der Waals surface area contributed by atoms with E-state index in [-0.39, 0.29) is 37.4 Å². The Morgan fingerprint density at radius 1 is 1.22 bits per heavy atom. The lowest BCUT2D eigenvalue weighted by molar-refractivity contribution is -0.150. The van der Waals surface area contributed by atoms with Gasteiger partial charge >= 0.3 is 5.97 Å². The summed E-state index contributed by atoms with van der Waals surface area (Å²) in [6, 6.07) is 8.58. The molecule has 0 saturated heterocycles. The van der Waals surface area contributed by atoms with E-state index in [1.165, 1.54) is 6.07 Å². The van der Waals surface area contributed by atoms with Crippen molar-refractivity contribution in [3.63, 3.8) is 0 Å². The van der Waals surface area contributed by atoms with Crippen molar-refractivity contribution in [1.29, 1.82) is 0 Å². The molecule has 1 aromatic carbocycles. The summed E-state index contributed by atoms with van der Waals surface area (Å²) in [6.07, 6.45) is 2.42. The molecule has 192 valence electrons. The van der Waals surface area contributed by atoms with Crippen molar-refractivity contribution in [1.82, 2.24) is 14.5 Å². The highest BCUT2D eigenvalue weighted by Crippen LogP contribution is 2.31. The van der Waals surface area contributed by atoms with E-state index in [2.05, 4.69) is 9.55 Å². The molecule has 0 radical (unpaired) electrons. The van der Waals surface area contributed by atoms with Gasteiger partial charge < -0.3 is 24.0 Å². The van der Waals surface area contributed by atoms with Crippen LogP contribution in [0.15, 0.2) is 36.5 Å². The highest BCUT2D eigenvalue weighted by Gasteiger charge is 2.28. The van der Waals surface area contributed by atoms with Crippen LogP contribution in [0.3, 0.4) is 0 Å². The molecule has 0 unspecified atom stereocenters. The highest BCUT2D eigenvalue weighted by atomic mass is 35.5. The molecule has 1 aliphatic rings. The zero-order valence-corrected chi connectivity index (χ0v) is 21.1. The number of carboxylic acids is 1.